The maximum atomic E-state index is 4.40. The number of hydrogen-bond acceptors (Lipinski definition) is 1. The van der Waals surface area contributed by atoms with Crippen LogP contribution in [0.25, 0.3) is 0 Å². The van der Waals surface area contributed by atoms with E-state index in [1.807, 2.05) is 6.20 Å². The van der Waals surface area contributed by atoms with Crippen LogP contribution in [0.1, 0.15) is 71.6 Å². The monoisotopic (exact) mass is 221 g/mol. The van der Waals surface area contributed by atoms with E-state index in [0.717, 1.165) is 5.92 Å². The van der Waals surface area contributed by atoms with Crippen LogP contribution in [0.2, 0.25) is 0 Å². The van der Waals surface area contributed by atoms with E-state index < -0.39 is 0 Å². The Kier molecular flexibility index (Phi) is 7.03. The molecule has 0 aromatic carbocycles. The van der Waals surface area contributed by atoms with Gasteiger partial charge in [-0.1, -0.05) is 54.5 Å². The van der Waals surface area contributed by atoms with E-state index >= 15 is 0 Å². The van der Waals surface area contributed by atoms with Crippen LogP contribution in [0.5, 0.6) is 0 Å². The third kappa shape index (κ3) is 6.60. The Bertz CT molecular complexity index is 240. The minimum atomic E-state index is 0.534. The number of nitrogens with zero attached hydrogens (tertiary/aromatic N) is 1. The van der Waals surface area contributed by atoms with E-state index in [4.69, 9.17) is 0 Å². The molecule has 0 atom stereocenters. The maximum absolute atomic E-state index is 4.40. The standard InChI is InChI=1S/C11H17N.C4H10/c1-8(2)10-5-6-11(9(3)4)12-7-10;1-4(2)3/h5-9H,1-4H3;4H,1-3H3. The van der Waals surface area contributed by atoms with Crippen molar-refractivity contribution >= 4 is 0 Å². The second-order valence-electron chi connectivity index (χ2n) is 5.56. The molecule has 1 rings (SSSR count). The van der Waals surface area contributed by atoms with E-state index in [9.17, 15) is 0 Å². The summed E-state index contributed by atoms with van der Waals surface area (Å²) < 4.78 is 0. The highest BCUT2D eigenvalue weighted by Crippen LogP contribution is 2.16. The van der Waals surface area contributed by atoms with Crippen molar-refractivity contribution in [2.75, 3.05) is 0 Å². The fourth-order valence-electron chi connectivity index (χ4n) is 1.10. The third-order valence-electron chi connectivity index (χ3n) is 2.07. The van der Waals surface area contributed by atoms with Gasteiger partial charge in [0.25, 0.3) is 0 Å². The van der Waals surface area contributed by atoms with Gasteiger partial charge in [0.05, 0.1) is 0 Å². The van der Waals surface area contributed by atoms with Gasteiger partial charge in [-0.3, -0.25) is 4.98 Å². The molecule has 1 heteroatoms. The van der Waals surface area contributed by atoms with Crippen LogP contribution in [-0.4, -0.2) is 4.98 Å². The zero-order valence-corrected chi connectivity index (χ0v) is 11.9. The first-order chi connectivity index (χ1) is 7.34. The molecule has 0 fully saturated rings. The summed E-state index contributed by atoms with van der Waals surface area (Å²) in [5.74, 6) is 1.95. The minimum Gasteiger partial charge on any atom is -0.261 e. The Morgan fingerprint density at radius 1 is 0.812 bits per heavy atom. The second kappa shape index (κ2) is 7.43. The van der Waals surface area contributed by atoms with Crippen LogP contribution in [-0.2, 0) is 0 Å². The molecule has 1 nitrogen and oxygen atoms in total. The summed E-state index contributed by atoms with van der Waals surface area (Å²) in [6, 6.07) is 4.30. The van der Waals surface area contributed by atoms with E-state index in [1.54, 1.807) is 0 Å². The lowest BCUT2D eigenvalue weighted by molar-refractivity contribution is 0.737. The molecular formula is C15H27N. The topological polar surface area (TPSA) is 12.9 Å². The summed E-state index contributed by atoms with van der Waals surface area (Å²) in [4.78, 5) is 4.40. The fraction of sp³-hybridized carbons (Fsp3) is 0.667. The maximum Gasteiger partial charge on any atom is 0.0429 e. The Hall–Kier alpha value is -0.850. The highest BCUT2D eigenvalue weighted by molar-refractivity contribution is 5.18. The molecule has 0 aliphatic rings. The van der Waals surface area contributed by atoms with Crippen molar-refractivity contribution < 1.29 is 0 Å². The normalized spacial score (nSPS) is 10.6. The minimum absolute atomic E-state index is 0.534. The zero-order chi connectivity index (χ0) is 12.7. The van der Waals surface area contributed by atoms with E-state index in [1.165, 1.54) is 11.3 Å². The summed E-state index contributed by atoms with van der Waals surface area (Å²) in [6.45, 7) is 15.2. The first kappa shape index (κ1) is 15.2. The molecule has 0 aliphatic carbocycles. The molecule has 0 N–H and O–H groups in total. The Morgan fingerprint density at radius 2 is 1.31 bits per heavy atom. The number of rotatable bonds is 2. The van der Waals surface area contributed by atoms with Crippen molar-refractivity contribution in [3.63, 3.8) is 0 Å². The second-order valence-corrected chi connectivity index (χ2v) is 5.56. The molecule has 0 aliphatic heterocycles. The number of aromatic nitrogens is 1. The van der Waals surface area contributed by atoms with Crippen molar-refractivity contribution in [1.82, 2.24) is 4.98 Å². The van der Waals surface area contributed by atoms with Gasteiger partial charge in [0.15, 0.2) is 0 Å². The Labute approximate surface area is 101 Å². The van der Waals surface area contributed by atoms with Crippen LogP contribution in [0.3, 0.4) is 0 Å². The lowest BCUT2D eigenvalue weighted by atomic mass is 10.0. The van der Waals surface area contributed by atoms with Gasteiger partial charge in [-0.15, -0.1) is 0 Å². The van der Waals surface area contributed by atoms with Crippen molar-refractivity contribution in [2.45, 2.75) is 60.3 Å². The predicted octanol–water partition coefficient (Wildman–Crippen LogP) is 4.99. The SMILES string of the molecule is CC(C)C.CC(C)c1ccc(C(C)C)nc1. The number of hydrogen-bond donors (Lipinski definition) is 0. The first-order valence-electron chi connectivity index (χ1n) is 6.30. The summed E-state index contributed by atoms with van der Waals surface area (Å²) >= 11 is 0. The summed E-state index contributed by atoms with van der Waals surface area (Å²) in [5.41, 5.74) is 2.50. The summed E-state index contributed by atoms with van der Waals surface area (Å²) in [5, 5.41) is 0. The largest absolute Gasteiger partial charge is 0.261 e. The molecule has 1 aromatic rings. The highest BCUT2D eigenvalue weighted by Gasteiger charge is 2.02. The van der Waals surface area contributed by atoms with Crippen LogP contribution < -0.4 is 0 Å². The van der Waals surface area contributed by atoms with Crippen LogP contribution in [0, 0.1) is 5.92 Å². The molecule has 0 saturated carbocycles. The molecule has 0 saturated heterocycles. The highest BCUT2D eigenvalue weighted by atomic mass is 14.7. The van der Waals surface area contributed by atoms with Crippen molar-refractivity contribution in [2.24, 2.45) is 5.92 Å². The summed E-state index contributed by atoms with van der Waals surface area (Å²) in [6.07, 6.45) is 1.99. The fourth-order valence-corrected chi connectivity index (χ4v) is 1.10. The van der Waals surface area contributed by atoms with Gasteiger partial charge < -0.3 is 0 Å². The van der Waals surface area contributed by atoms with Gasteiger partial charge in [-0.2, -0.15) is 0 Å². The molecule has 1 heterocycles. The van der Waals surface area contributed by atoms with Crippen molar-refractivity contribution in [3.8, 4) is 0 Å². The lowest BCUT2D eigenvalue weighted by Gasteiger charge is -2.07. The van der Waals surface area contributed by atoms with Crippen LogP contribution in [0.15, 0.2) is 18.3 Å². The van der Waals surface area contributed by atoms with Gasteiger partial charge in [-0.25, -0.2) is 0 Å². The van der Waals surface area contributed by atoms with E-state index in [-0.39, 0.29) is 0 Å². The predicted molar refractivity (Wildman–Crippen MR) is 72.9 cm³/mol. The van der Waals surface area contributed by atoms with Crippen molar-refractivity contribution in [1.29, 1.82) is 0 Å². The number of pyridine rings is 1. The van der Waals surface area contributed by atoms with E-state index in [2.05, 4.69) is 65.6 Å². The van der Waals surface area contributed by atoms with Gasteiger partial charge in [-0.05, 0) is 29.4 Å². The lowest BCUT2D eigenvalue weighted by Crippen LogP contribution is -1.94. The Morgan fingerprint density at radius 3 is 1.56 bits per heavy atom. The van der Waals surface area contributed by atoms with Crippen LogP contribution in [0.4, 0.5) is 0 Å². The molecule has 0 amide bonds. The average Bonchev–Trinajstić information content (AvgIpc) is 2.17. The van der Waals surface area contributed by atoms with Gasteiger partial charge >= 0.3 is 0 Å². The van der Waals surface area contributed by atoms with E-state index in [0.29, 0.717) is 11.8 Å². The summed E-state index contributed by atoms with van der Waals surface area (Å²) in [7, 11) is 0. The van der Waals surface area contributed by atoms with Gasteiger partial charge in [0.1, 0.15) is 0 Å². The molecule has 0 unspecified atom stereocenters. The third-order valence-corrected chi connectivity index (χ3v) is 2.07. The molecule has 0 bridgehead atoms. The molecule has 16 heavy (non-hydrogen) atoms. The van der Waals surface area contributed by atoms with Gasteiger partial charge in [0.2, 0.25) is 0 Å². The zero-order valence-electron chi connectivity index (χ0n) is 11.9. The Balaban J connectivity index is 0.000000487. The molecule has 92 valence electrons. The molecule has 1 aromatic heterocycles. The average molecular weight is 221 g/mol. The molecular weight excluding hydrogens is 194 g/mol. The van der Waals surface area contributed by atoms with Crippen LogP contribution >= 0.6 is 0 Å². The van der Waals surface area contributed by atoms with Crippen molar-refractivity contribution in [3.05, 3.63) is 29.6 Å². The smallest absolute Gasteiger partial charge is 0.0429 e. The molecule has 0 radical (unpaired) electrons. The quantitative estimate of drug-likeness (QED) is 0.685. The first-order valence-corrected chi connectivity index (χ1v) is 6.30. The van der Waals surface area contributed by atoms with Gasteiger partial charge in [0, 0.05) is 11.9 Å². The molecule has 0 spiro atoms.